The Morgan fingerprint density at radius 3 is 2.45 bits per heavy atom. The molecule has 0 bridgehead atoms. The van der Waals surface area contributed by atoms with E-state index in [1.807, 2.05) is 18.2 Å². The van der Waals surface area contributed by atoms with Crippen LogP contribution < -0.4 is 14.8 Å². The van der Waals surface area contributed by atoms with Gasteiger partial charge in [0.25, 0.3) is 5.91 Å². The lowest BCUT2D eigenvalue weighted by Gasteiger charge is -2.18. The van der Waals surface area contributed by atoms with Crippen LogP contribution in [0.2, 0.25) is 0 Å². The third kappa shape index (κ3) is 4.53. The number of aromatic nitrogens is 2. The maximum absolute atomic E-state index is 12.4. The lowest BCUT2D eigenvalue weighted by atomic mass is 10.1. The second-order valence-corrected chi connectivity index (χ2v) is 9.73. The van der Waals surface area contributed by atoms with Gasteiger partial charge in [-0.3, -0.25) is 10.1 Å². The molecule has 1 amide bonds. The number of rotatable bonds is 6. The van der Waals surface area contributed by atoms with Crippen molar-refractivity contribution in [1.29, 1.82) is 0 Å². The maximum Gasteiger partial charge on any atom is 0.322 e. The van der Waals surface area contributed by atoms with E-state index in [0.717, 1.165) is 5.56 Å². The Labute approximate surface area is 179 Å². The van der Waals surface area contributed by atoms with Crippen molar-refractivity contribution in [3.05, 3.63) is 59.5 Å². The second-order valence-electron chi connectivity index (χ2n) is 7.23. The van der Waals surface area contributed by atoms with Gasteiger partial charge in [-0.1, -0.05) is 11.2 Å². The fourth-order valence-electron chi connectivity index (χ4n) is 2.99. The van der Waals surface area contributed by atoms with Crippen molar-refractivity contribution in [1.82, 2.24) is 10.2 Å². The van der Waals surface area contributed by atoms with Gasteiger partial charge in [0.15, 0.2) is 21.3 Å². The minimum atomic E-state index is -3.40. The Morgan fingerprint density at radius 2 is 1.74 bits per heavy atom. The molecule has 2 aromatic carbocycles. The number of sulfone groups is 1. The van der Waals surface area contributed by atoms with E-state index < -0.39 is 21.0 Å². The average Bonchev–Trinajstić information content (AvgIpc) is 3.20. The first-order valence-corrected chi connectivity index (χ1v) is 11.2. The summed E-state index contributed by atoms with van der Waals surface area (Å²) >= 11 is 0. The Balaban J connectivity index is 1.41. The first kappa shape index (κ1) is 20.9. The Kier molecular flexibility index (Phi) is 5.64. The standard InChI is InChI=1S/C21H21N3O6S/c1-13(2)31(26,27)16-6-4-15(5-7-16)20(25)22-21-24-23-19(30-21)12-14-3-8-17-18(11-14)29-10-9-28-17/h3-8,11,13H,9-10,12H2,1-2H3,(H,22,24,25). The molecule has 9 nitrogen and oxygen atoms in total. The van der Waals surface area contributed by atoms with E-state index in [2.05, 4.69) is 15.5 Å². The van der Waals surface area contributed by atoms with Crippen LogP contribution in [0, 0.1) is 0 Å². The van der Waals surface area contributed by atoms with Gasteiger partial charge in [-0.25, -0.2) is 8.42 Å². The SMILES string of the molecule is CC(C)S(=O)(=O)c1ccc(C(=O)Nc2nnc(Cc3ccc4c(c3)OCCO4)o2)cc1. The van der Waals surface area contributed by atoms with Crippen LogP contribution in [0.1, 0.15) is 35.7 Å². The molecule has 1 aliphatic rings. The summed E-state index contributed by atoms with van der Waals surface area (Å²) in [5.41, 5.74) is 1.17. The summed E-state index contributed by atoms with van der Waals surface area (Å²) in [5.74, 6) is 1.20. The quantitative estimate of drug-likeness (QED) is 0.617. The number of ether oxygens (including phenoxy) is 2. The van der Waals surface area contributed by atoms with Crippen molar-refractivity contribution in [2.24, 2.45) is 0 Å². The zero-order valence-electron chi connectivity index (χ0n) is 17.0. The highest BCUT2D eigenvalue weighted by molar-refractivity contribution is 7.92. The van der Waals surface area contributed by atoms with Gasteiger partial charge in [0.05, 0.1) is 16.6 Å². The smallest absolute Gasteiger partial charge is 0.322 e. The van der Waals surface area contributed by atoms with Gasteiger partial charge in [-0.05, 0) is 55.8 Å². The summed E-state index contributed by atoms with van der Waals surface area (Å²) in [4.78, 5) is 12.6. The Morgan fingerprint density at radius 1 is 1.03 bits per heavy atom. The van der Waals surface area contributed by atoms with Crippen LogP contribution in [0.3, 0.4) is 0 Å². The number of amides is 1. The molecule has 0 atom stereocenters. The number of nitrogens with zero attached hydrogens (tertiary/aromatic N) is 2. The molecular formula is C21H21N3O6S. The molecule has 0 unspecified atom stereocenters. The number of nitrogens with one attached hydrogen (secondary N) is 1. The third-order valence-electron chi connectivity index (χ3n) is 4.71. The highest BCUT2D eigenvalue weighted by atomic mass is 32.2. The molecule has 0 spiro atoms. The number of benzene rings is 2. The largest absolute Gasteiger partial charge is 0.486 e. The molecule has 1 N–H and O–H groups in total. The number of hydrogen-bond donors (Lipinski definition) is 1. The van der Waals surface area contributed by atoms with Gasteiger partial charge in [-0.15, -0.1) is 5.10 Å². The van der Waals surface area contributed by atoms with Crippen molar-refractivity contribution in [2.75, 3.05) is 18.5 Å². The van der Waals surface area contributed by atoms with E-state index in [-0.39, 0.29) is 16.5 Å². The predicted octanol–water partition coefficient (Wildman–Crippen LogP) is 2.87. The number of carbonyl (C=O) groups excluding carboxylic acids is 1. The van der Waals surface area contributed by atoms with Crippen LogP contribution in [-0.4, -0.2) is 43.0 Å². The fourth-order valence-corrected chi connectivity index (χ4v) is 4.05. The molecule has 1 aliphatic heterocycles. The molecule has 0 saturated carbocycles. The highest BCUT2D eigenvalue weighted by Crippen LogP contribution is 2.31. The molecule has 0 fully saturated rings. The van der Waals surface area contributed by atoms with Crippen molar-refractivity contribution in [3.8, 4) is 11.5 Å². The minimum absolute atomic E-state index is 0.0450. The van der Waals surface area contributed by atoms with Crippen LogP contribution in [0.25, 0.3) is 0 Å². The van der Waals surface area contributed by atoms with Crippen molar-refractivity contribution in [3.63, 3.8) is 0 Å². The summed E-state index contributed by atoms with van der Waals surface area (Å²) in [5, 5.41) is 9.78. The van der Waals surface area contributed by atoms with Crippen molar-refractivity contribution < 1.29 is 27.1 Å². The molecule has 2 heterocycles. The summed E-state index contributed by atoms with van der Waals surface area (Å²) in [6, 6.07) is 11.2. The van der Waals surface area contributed by atoms with Crippen LogP contribution in [0.5, 0.6) is 11.5 Å². The predicted molar refractivity (Wildman–Crippen MR) is 111 cm³/mol. The molecule has 10 heteroatoms. The molecule has 0 saturated heterocycles. The molecule has 0 aliphatic carbocycles. The van der Waals surface area contributed by atoms with Crippen LogP contribution in [-0.2, 0) is 16.3 Å². The molecule has 0 radical (unpaired) electrons. The van der Waals surface area contributed by atoms with E-state index in [9.17, 15) is 13.2 Å². The van der Waals surface area contributed by atoms with E-state index in [1.54, 1.807) is 13.8 Å². The average molecular weight is 443 g/mol. The first-order chi connectivity index (χ1) is 14.8. The molecular weight excluding hydrogens is 422 g/mol. The highest BCUT2D eigenvalue weighted by Gasteiger charge is 2.20. The van der Waals surface area contributed by atoms with Crippen LogP contribution >= 0.6 is 0 Å². The summed E-state index contributed by atoms with van der Waals surface area (Å²) in [7, 11) is -3.40. The van der Waals surface area contributed by atoms with Gasteiger partial charge in [-0.2, -0.15) is 0 Å². The fraction of sp³-hybridized carbons (Fsp3) is 0.286. The Hall–Kier alpha value is -3.40. The number of anilines is 1. The van der Waals surface area contributed by atoms with Crippen LogP contribution in [0.4, 0.5) is 6.01 Å². The van der Waals surface area contributed by atoms with Gasteiger partial charge in [0.1, 0.15) is 13.2 Å². The lowest BCUT2D eigenvalue weighted by molar-refractivity contribution is 0.102. The third-order valence-corrected chi connectivity index (χ3v) is 6.89. The van der Waals surface area contributed by atoms with Gasteiger partial charge in [0.2, 0.25) is 5.89 Å². The van der Waals surface area contributed by atoms with E-state index in [1.165, 1.54) is 24.3 Å². The molecule has 162 valence electrons. The minimum Gasteiger partial charge on any atom is -0.486 e. The zero-order chi connectivity index (χ0) is 22.0. The summed E-state index contributed by atoms with van der Waals surface area (Å²) in [6.07, 6.45) is 0.362. The monoisotopic (exact) mass is 443 g/mol. The molecule has 3 aromatic rings. The van der Waals surface area contributed by atoms with E-state index in [0.29, 0.717) is 37.0 Å². The molecule has 1 aromatic heterocycles. The number of hydrogen-bond acceptors (Lipinski definition) is 8. The van der Waals surface area contributed by atoms with E-state index in [4.69, 9.17) is 13.9 Å². The lowest BCUT2D eigenvalue weighted by Crippen LogP contribution is -2.15. The zero-order valence-corrected chi connectivity index (χ0v) is 17.8. The topological polar surface area (TPSA) is 121 Å². The summed E-state index contributed by atoms with van der Waals surface area (Å²) < 4.78 is 40.9. The van der Waals surface area contributed by atoms with Crippen molar-refractivity contribution in [2.45, 2.75) is 30.4 Å². The summed E-state index contributed by atoms with van der Waals surface area (Å²) in [6.45, 7) is 4.23. The first-order valence-electron chi connectivity index (χ1n) is 9.69. The Bertz CT molecular complexity index is 1200. The normalized spacial score (nSPS) is 13.3. The van der Waals surface area contributed by atoms with E-state index >= 15 is 0 Å². The number of fused-ring (bicyclic) bond motifs is 1. The van der Waals surface area contributed by atoms with Crippen LogP contribution in [0.15, 0.2) is 51.8 Å². The van der Waals surface area contributed by atoms with Gasteiger partial charge >= 0.3 is 6.01 Å². The second kappa shape index (κ2) is 8.38. The maximum atomic E-state index is 12.4. The molecule has 4 rings (SSSR count). The van der Waals surface area contributed by atoms with Gasteiger partial charge in [0, 0.05) is 5.56 Å². The van der Waals surface area contributed by atoms with Crippen molar-refractivity contribution >= 4 is 21.8 Å². The number of carbonyl (C=O) groups is 1. The van der Waals surface area contributed by atoms with Gasteiger partial charge < -0.3 is 13.9 Å². The molecule has 31 heavy (non-hydrogen) atoms.